The number of nitrogens with one attached hydrogen (secondary N) is 2. The third-order valence-electron chi connectivity index (χ3n) is 7.92. The van der Waals surface area contributed by atoms with Crippen molar-refractivity contribution in [1.82, 2.24) is 9.88 Å². The number of rotatable bonds is 7. The first kappa shape index (κ1) is 29.9. The van der Waals surface area contributed by atoms with E-state index in [1.807, 2.05) is 25.8 Å². The Kier molecular flexibility index (Phi) is 8.26. The molecule has 1 aliphatic heterocycles. The van der Waals surface area contributed by atoms with Crippen molar-refractivity contribution >= 4 is 28.9 Å². The van der Waals surface area contributed by atoms with Crippen molar-refractivity contribution in [2.75, 3.05) is 37.0 Å². The molecular formula is C30H31ClF4N4O3. The van der Waals surface area contributed by atoms with Crippen LogP contribution in [0.15, 0.2) is 47.4 Å². The van der Waals surface area contributed by atoms with Gasteiger partial charge in [-0.2, -0.15) is 13.2 Å². The Morgan fingerprint density at radius 3 is 2.43 bits per heavy atom. The van der Waals surface area contributed by atoms with Crippen LogP contribution in [0.4, 0.5) is 28.9 Å². The number of halogens is 5. The molecule has 7 nitrogen and oxygen atoms in total. The predicted octanol–water partition coefficient (Wildman–Crippen LogP) is 6.42. The number of anilines is 2. The van der Waals surface area contributed by atoms with Crippen LogP contribution in [0, 0.1) is 11.7 Å². The van der Waals surface area contributed by atoms with E-state index in [2.05, 4.69) is 15.2 Å². The summed E-state index contributed by atoms with van der Waals surface area (Å²) < 4.78 is 62.7. The van der Waals surface area contributed by atoms with Gasteiger partial charge in [0.1, 0.15) is 11.6 Å². The molecule has 2 atom stereocenters. The summed E-state index contributed by atoms with van der Waals surface area (Å²) in [5.41, 5.74) is -2.20. The number of alkyl halides is 3. The number of hydrogen-bond acceptors (Lipinski definition) is 5. The molecule has 1 amide bonds. The lowest BCUT2D eigenvalue weighted by molar-refractivity contribution is -0.138. The number of ether oxygens (including phenoxy) is 1. The molecule has 0 spiro atoms. The van der Waals surface area contributed by atoms with Gasteiger partial charge in [0.2, 0.25) is 5.56 Å². The predicted molar refractivity (Wildman–Crippen MR) is 154 cm³/mol. The normalized spacial score (nSPS) is 19.6. The third kappa shape index (κ3) is 6.42. The monoisotopic (exact) mass is 606 g/mol. The molecule has 2 aromatic carbocycles. The Labute approximate surface area is 245 Å². The number of aromatic amines is 1. The van der Waals surface area contributed by atoms with Crippen LogP contribution in [0.25, 0.3) is 11.1 Å². The fraction of sp³-hybridized carbons (Fsp3) is 0.400. The summed E-state index contributed by atoms with van der Waals surface area (Å²) in [6.07, 6.45) is -2.00. The van der Waals surface area contributed by atoms with Crippen molar-refractivity contribution in [3.8, 4) is 16.9 Å². The van der Waals surface area contributed by atoms with E-state index in [1.54, 1.807) is 18.2 Å². The SMILES string of the molecule is C[C@@H]1CN(c2cc(F)c(-c3ccc(OCC4CC4)c(Cl)c3)cc2NC(=O)c2c[nH]c(=O)cc2C(F)(F)F)C[C@H](C)N1C. The van der Waals surface area contributed by atoms with E-state index in [-0.39, 0.29) is 28.4 Å². The van der Waals surface area contributed by atoms with E-state index in [9.17, 15) is 22.8 Å². The fourth-order valence-electron chi connectivity index (χ4n) is 5.11. The smallest absolute Gasteiger partial charge is 0.417 e. The number of piperazine rings is 1. The highest BCUT2D eigenvalue weighted by Gasteiger charge is 2.36. The number of carbonyl (C=O) groups is 1. The lowest BCUT2D eigenvalue weighted by atomic mass is 10.0. The highest BCUT2D eigenvalue weighted by molar-refractivity contribution is 6.32. The third-order valence-corrected chi connectivity index (χ3v) is 8.22. The molecule has 2 heterocycles. The first-order chi connectivity index (χ1) is 19.8. The van der Waals surface area contributed by atoms with Gasteiger partial charge in [-0.1, -0.05) is 17.7 Å². The van der Waals surface area contributed by atoms with E-state index in [1.165, 1.54) is 12.1 Å². The van der Waals surface area contributed by atoms with E-state index in [0.29, 0.717) is 48.7 Å². The van der Waals surface area contributed by atoms with Gasteiger partial charge < -0.3 is 19.9 Å². The molecule has 5 rings (SSSR count). The molecule has 3 aromatic rings. The minimum absolute atomic E-state index is 0.0815. The Balaban J connectivity index is 1.55. The van der Waals surface area contributed by atoms with Crippen molar-refractivity contribution in [1.29, 1.82) is 0 Å². The molecule has 0 radical (unpaired) electrons. The molecule has 2 aliphatic rings. The maximum Gasteiger partial charge on any atom is 0.417 e. The maximum atomic E-state index is 15.7. The number of carbonyl (C=O) groups excluding carboxylic acids is 1. The van der Waals surface area contributed by atoms with Crippen molar-refractivity contribution in [2.45, 2.75) is 44.9 Å². The van der Waals surface area contributed by atoms with Crippen molar-refractivity contribution in [2.24, 2.45) is 5.92 Å². The van der Waals surface area contributed by atoms with Gasteiger partial charge in [0.25, 0.3) is 5.91 Å². The number of aromatic nitrogens is 1. The van der Waals surface area contributed by atoms with Gasteiger partial charge in [-0.3, -0.25) is 14.5 Å². The molecule has 1 saturated carbocycles. The zero-order valence-corrected chi connectivity index (χ0v) is 24.1. The molecule has 1 saturated heterocycles. The summed E-state index contributed by atoms with van der Waals surface area (Å²) in [6, 6.07) is 8.01. The van der Waals surface area contributed by atoms with E-state index < -0.39 is 34.6 Å². The standard InChI is InChI=1S/C30H31ClF4N4O3/c1-16-13-39(14-17(2)38(16)3)26-11-24(32)20(19-6-7-27(23(31)8-19)42-15-18-4-5-18)9-25(26)37-29(41)21-12-36-28(40)10-22(21)30(33,34)35/h6-12,16-18H,4-5,13-15H2,1-3H3,(H,36,40)(H,37,41)/t16-,17+. The largest absolute Gasteiger partial charge is 0.492 e. The summed E-state index contributed by atoms with van der Waals surface area (Å²) in [4.78, 5) is 31.1. The average molecular weight is 607 g/mol. The van der Waals surface area contributed by atoms with Crippen LogP contribution in [0.5, 0.6) is 5.75 Å². The lowest BCUT2D eigenvalue weighted by Gasteiger charge is -2.44. The highest BCUT2D eigenvalue weighted by Crippen LogP contribution is 2.39. The van der Waals surface area contributed by atoms with Gasteiger partial charge in [-0.25, -0.2) is 4.39 Å². The van der Waals surface area contributed by atoms with E-state index >= 15 is 4.39 Å². The molecule has 1 aliphatic carbocycles. The maximum absolute atomic E-state index is 15.7. The second kappa shape index (κ2) is 11.6. The summed E-state index contributed by atoms with van der Waals surface area (Å²) in [7, 11) is 1.98. The number of likely N-dealkylation sites (N-methyl/N-ethyl adjacent to an activating group) is 1. The molecule has 12 heteroatoms. The van der Waals surface area contributed by atoms with Crippen LogP contribution in [0.3, 0.4) is 0 Å². The van der Waals surface area contributed by atoms with Gasteiger partial charge in [0, 0.05) is 43.0 Å². The van der Waals surface area contributed by atoms with E-state index in [0.717, 1.165) is 19.0 Å². The molecule has 224 valence electrons. The molecule has 0 bridgehead atoms. The van der Waals surface area contributed by atoms with Crippen molar-refractivity contribution < 1.29 is 27.1 Å². The Bertz CT molecular complexity index is 1540. The Morgan fingerprint density at radius 2 is 1.81 bits per heavy atom. The van der Waals surface area contributed by atoms with E-state index in [4.69, 9.17) is 16.3 Å². The number of amides is 1. The Morgan fingerprint density at radius 1 is 1.12 bits per heavy atom. The van der Waals surface area contributed by atoms with Crippen LogP contribution >= 0.6 is 11.6 Å². The van der Waals surface area contributed by atoms with Gasteiger partial charge in [0.05, 0.1) is 34.1 Å². The first-order valence-corrected chi connectivity index (χ1v) is 14.0. The molecule has 2 fully saturated rings. The molecule has 2 N–H and O–H groups in total. The van der Waals surface area contributed by atoms with Gasteiger partial charge in [-0.05, 0) is 69.5 Å². The number of nitrogens with zero attached hydrogens (tertiary/aromatic N) is 2. The zero-order chi connectivity index (χ0) is 30.3. The highest BCUT2D eigenvalue weighted by atomic mass is 35.5. The molecule has 1 aromatic heterocycles. The average Bonchev–Trinajstić information content (AvgIpc) is 3.75. The minimum atomic E-state index is -4.94. The number of hydrogen-bond donors (Lipinski definition) is 2. The molecular weight excluding hydrogens is 576 g/mol. The summed E-state index contributed by atoms with van der Waals surface area (Å²) in [5.74, 6) is -0.715. The molecule has 42 heavy (non-hydrogen) atoms. The van der Waals surface area contributed by atoms with Crippen LogP contribution < -0.4 is 20.5 Å². The van der Waals surface area contributed by atoms with Crippen LogP contribution in [-0.2, 0) is 6.18 Å². The van der Waals surface area contributed by atoms with Gasteiger partial charge in [-0.15, -0.1) is 0 Å². The summed E-state index contributed by atoms with van der Waals surface area (Å²) >= 11 is 6.45. The van der Waals surface area contributed by atoms with Crippen molar-refractivity contribution in [3.05, 3.63) is 74.9 Å². The van der Waals surface area contributed by atoms with Crippen LogP contribution in [0.2, 0.25) is 5.02 Å². The quantitative estimate of drug-likeness (QED) is 0.304. The lowest BCUT2D eigenvalue weighted by Crippen LogP contribution is -2.55. The fourth-order valence-corrected chi connectivity index (χ4v) is 5.34. The minimum Gasteiger partial charge on any atom is -0.492 e. The Hall–Kier alpha value is -3.57. The second-order valence-electron chi connectivity index (χ2n) is 11.1. The summed E-state index contributed by atoms with van der Waals surface area (Å²) in [6.45, 7) is 5.55. The van der Waals surface area contributed by atoms with Crippen LogP contribution in [0.1, 0.15) is 42.6 Å². The second-order valence-corrected chi connectivity index (χ2v) is 11.5. The van der Waals surface area contributed by atoms with Crippen molar-refractivity contribution in [3.63, 3.8) is 0 Å². The number of benzene rings is 2. The number of pyridine rings is 1. The number of H-pyrrole nitrogens is 1. The first-order valence-electron chi connectivity index (χ1n) is 13.7. The molecule has 0 unspecified atom stereocenters. The van der Waals surface area contributed by atoms with Crippen LogP contribution in [-0.4, -0.2) is 54.6 Å². The summed E-state index contributed by atoms with van der Waals surface area (Å²) in [5, 5.41) is 2.84. The van der Waals surface area contributed by atoms with Gasteiger partial charge in [0.15, 0.2) is 0 Å². The van der Waals surface area contributed by atoms with Gasteiger partial charge >= 0.3 is 6.18 Å². The topological polar surface area (TPSA) is 77.7 Å². The zero-order valence-electron chi connectivity index (χ0n) is 23.3.